The number of aromatic carboxylic acids is 1. The molecule has 2 aromatic heterocycles. The standard InChI is InChI=1S/C17H18ClN3O4S/c1-9-15(17(23)24)26-14(20-9)5-10-3-4-21(8-10)16(22)11-6-13(25-2)19-7-12(11)18/h6-7,10H,3-5,8H2,1-2H3,(H,23,24). The van der Waals surface area contributed by atoms with E-state index in [2.05, 4.69) is 9.97 Å². The van der Waals surface area contributed by atoms with Crippen molar-refractivity contribution in [2.24, 2.45) is 5.92 Å². The number of likely N-dealkylation sites (tertiary alicyclic amines) is 1. The molecule has 0 spiro atoms. The van der Waals surface area contributed by atoms with Crippen molar-refractivity contribution in [3.05, 3.63) is 38.4 Å². The van der Waals surface area contributed by atoms with Crippen molar-refractivity contribution in [1.82, 2.24) is 14.9 Å². The molecule has 1 atom stereocenters. The Morgan fingerprint density at radius 1 is 1.50 bits per heavy atom. The van der Waals surface area contributed by atoms with Gasteiger partial charge in [0.1, 0.15) is 4.88 Å². The summed E-state index contributed by atoms with van der Waals surface area (Å²) in [5.74, 6) is -0.517. The van der Waals surface area contributed by atoms with Crippen LogP contribution in [0.5, 0.6) is 5.88 Å². The van der Waals surface area contributed by atoms with E-state index in [4.69, 9.17) is 21.4 Å². The van der Waals surface area contributed by atoms with Crippen LogP contribution < -0.4 is 4.74 Å². The second kappa shape index (κ2) is 7.59. The Labute approximate surface area is 159 Å². The summed E-state index contributed by atoms with van der Waals surface area (Å²) < 4.78 is 5.06. The quantitative estimate of drug-likeness (QED) is 0.836. The Morgan fingerprint density at radius 3 is 2.92 bits per heavy atom. The van der Waals surface area contributed by atoms with Crippen molar-refractivity contribution in [2.45, 2.75) is 19.8 Å². The minimum absolute atomic E-state index is 0.153. The van der Waals surface area contributed by atoms with Crippen LogP contribution in [0.2, 0.25) is 5.02 Å². The molecule has 3 heterocycles. The van der Waals surface area contributed by atoms with Gasteiger partial charge >= 0.3 is 5.97 Å². The van der Waals surface area contributed by atoms with Crippen LogP contribution in [0.3, 0.4) is 0 Å². The number of carboxylic acid groups (broad SMARTS) is 1. The second-order valence-electron chi connectivity index (χ2n) is 6.14. The molecule has 7 nitrogen and oxygen atoms in total. The maximum atomic E-state index is 12.7. The molecule has 1 aliphatic rings. The van der Waals surface area contributed by atoms with E-state index in [0.717, 1.165) is 11.4 Å². The summed E-state index contributed by atoms with van der Waals surface area (Å²) in [6, 6.07) is 1.54. The van der Waals surface area contributed by atoms with Crippen molar-refractivity contribution in [2.75, 3.05) is 20.2 Å². The molecule has 1 saturated heterocycles. The summed E-state index contributed by atoms with van der Waals surface area (Å²) in [6.07, 6.45) is 2.91. The highest BCUT2D eigenvalue weighted by molar-refractivity contribution is 7.13. The topological polar surface area (TPSA) is 92.6 Å². The van der Waals surface area contributed by atoms with E-state index in [1.807, 2.05) is 0 Å². The highest BCUT2D eigenvalue weighted by Crippen LogP contribution is 2.28. The first-order valence-corrected chi connectivity index (χ1v) is 9.27. The lowest BCUT2D eigenvalue weighted by atomic mass is 10.1. The predicted octanol–water partition coefficient (Wildman–Crippen LogP) is 2.91. The number of hydrogen-bond acceptors (Lipinski definition) is 6. The van der Waals surface area contributed by atoms with Gasteiger partial charge in [0, 0.05) is 25.6 Å². The molecule has 1 aliphatic heterocycles. The minimum atomic E-state index is -0.948. The van der Waals surface area contributed by atoms with Crippen LogP contribution in [0.25, 0.3) is 0 Å². The van der Waals surface area contributed by atoms with Crippen LogP contribution in [0, 0.1) is 12.8 Å². The summed E-state index contributed by atoms with van der Waals surface area (Å²) in [7, 11) is 1.48. The van der Waals surface area contributed by atoms with Crippen molar-refractivity contribution < 1.29 is 19.4 Å². The van der Waals surface area contributed by atoms with Crippen LogP contribution in [0.1, 0.15) is 37.2 Å². The lowest BCUT2D eigenvalue weighted by Crippen LogP contribution is -2.29. The Bertz CT molecular complexity index is 855. The van der Waals surface area contributed by atoms with E-state index in [1.54, 1.807) is 17.9 Å². The number of amides is 1. The molecule has 1 amide bonds. The smallest absolute Gasteiger partial charge is 0.347 e. The van der Waals surface area contributed by atoms with Gasteiger partial charge in [0.15, 0.2) is 0 Å². The largest absolute Gasteiger partial charge is 0.481 e. The second-order valence-corrected chi connectivity index (χ2v) is 7.63. The number of ether oxygens (including phenoxy) is 1. The third-order valence-corrected chi connectivity index (χ3v) is 5.81. The molecule has 0 aliphatic carbocycles. The predicted molar refractivity (Wildman–Crippen MR) is 97.3 cm³/mol. The SMILES string of the molecule is COc1cc(C(=O)N2CCC(Cc3nc(C)c(C(=O)O)s3)C2)c(Cl)cn1. The van der Waals surface area contributed by atoms with Crippen LogP contribution in [0.4, 0.5) is 0 Å². The van der Waals surface area contributed by atoms with Crippen LogP contribution in [0.15, 0.2) is 12.3 Å². The summed E-state index contributed by atoms with van der Waals surface area (Å²) >= 11 is 7.32. The van der Waals surface area contributed by atoms with E-state index in [1.165, 1.54) is 24.6 Å². The fourth-order valence-corrected chi connectivity index (χ4v) is 4.24. The van der Waals surface area contributed by atoms with Crippen molar-refractivity contribution in [3.8, 4) is 5.88 Å². The third kappa shape index (κ3) is 3.81. The average Bonchev–Trinajstić information content (AvgIpc) is 3.21. The number of carbonyl (C=O) groups is 2. The molecule has 3 rings (SSSR count). The van der Waals surface area contributed by atoms with Gasteiger partial charge in [-0.3, -0.25) is 4.79 Å². The number of carboxylic acids is 1. The highest BCUT2D eigenvalue weighted by Gasteiger charge is 2.29. The number of nitrogens with zero attached hydrogens (tertiary/aromatic N) is 3. The maximum Gasteiger partial charge on any atom is 0.347 e. The van der Waals surface area contributed by atoms with Gasteiger partial charge < -0.3 is 14.7 Å². The van der Waals surface area contributed by atoms with Gasteiger partial charge in [0.05, 0.1) is 34.6 Å². The molecule has 0 saturated carbocycles. The molecule has 2 aromatic rings. The van der Waals surface area contributed by atoms with E-state index >= 15 is 0 Å². The fourth-order valence-electron chi connectivity index (χ4n) is 3.03. The number of rotatable bonds is 5. The van der Waals surface area contributed by atoms with Crippen LogP contribution >= 0.6 is 22.9 Å². The lowest BCUT2D eigenvalue weighted by molar-refractivity contribution is 0.0700. The van der Waals surface area contributed by atoms with Gasteiger partial charge in [-0.15, -0.1) is 11.3 Å². The molecule has 26 heavy (non-hydrogen) atoms. The number of methoxy groups -OCH3 is 1. The van der Waals surface area contributed by atoms with Crippen molar-refractivity contribution in [1.29, 1.82) is 0 Å². The molecule has 0 radical (unpaired) electrons. The molecular weight excluding hydrogens is 378 g/mol. The first-order valence-electron chi connectivity index (χ1n) is 8.07. The van der Waals surface area contributed by atoms with Gasteiger partial charge in [-0.2, -0.15) is 0 Å². The summed E-state index contributed by atoms with van der Waals surface area (Å²) in [5.41, 5.74) is 0.913. The summed E-state index contributed by atoms with van der Waals surface area (Å²) in [6.45, 7) is 2.91. The molecule has 138 valence electrons. The third-order valence-electron chi connectivity index (χ3n) is 4.34. The first kappa shape index (κ1) is 18.6. The first-order chi connectivity index (χ1) is 12.4. The number of aromatic nitrogens is 2. The maximum absolute atomic E-state index is 12.7. The van der Waals surface area contributed by atoms with Gasteiger partial charge in [0.2, 0.25) is 5.88 Å². The van der Waals surface area contributed by atoms with Gasteiger partial charge in [0.25, 0.3) is 5.91 Å². The number of halogens is 1. The molecular formula is C17H18ClN3O4S. The number of carbonyl (C=O) groups excluding carboxylic acids is 1. The number of thiazole rings is 1. The monoisotopic (exact) mass is 395 g/mol. The number of pyridine rings is 1. The molecule has 1 N–H and O–H groups in total. The highest BCUT2D eigenvalue weighted by atomic mass is 35.5. The number of aryl methyl sites for hydroxylation is 1. The lowest BCUT2D eigenvalue weighted by Gasteiger charge is -2.17. The van der Waals surface area contributed by atoms with Gasteiger partial charge in [-0.05, 0) is 19.3 Å². The zero-order valence-corrected chi connectivity index (χ0v) is 15.9. The number of hydrogen-bond donors (Lipinski definition) is 1. The molecule has 1 fully saturated rings. The van der Waals surface area contributed by atoms with Gasteiger partial charge in [-0.25, -0.2) is 14.8 Å². The van der Waals surface area contributed by atoms with E-state index in [0.29, 0.717) is 41.7 Å². The van der Waals surface area contributed by atoms with E-state index in [9.17, 15) is 9.59 Å². The Balaban J connectivity index is 1.68. The summed E-state index contributed by atoms with van der Waals surface area (Å²) in [4.78, 5) is 34.3. The molecule has 0 aromatic carbocycles. The van der Waals surface area contributed by atoms with E-state index < -0.39 is 5.97 Å². The van der Waals surface area contributed by atoms with Crippen molar-refractivity contribution >= 4 is 34.8 Å². The molecule has 9 heteroatoms. The zero-order valence-electron chi connectivity index (χ0n) is 14.4. The summed E-state index contributed by atoms with van der Waals surface area (Å²) in [5, 5.41) is 10.2. The molecule has 0 bridgehead atoms. The fraction of sp³-hybridized carbons (Fsp3) is 0.412. The Morgan fingerprint density at radius 2 is 2.27 bits per heavy atom. The molecule has 1 unspecified atom stereocenters. The Kier molecular flexibility index (Phi) is 5.43. The van der Waals surface area contributed by atoms with Gasteiger partial charge in [-0.1, -0.05) is 11.6 Å². The minimum Gasteiger partial charge on any atom is -0.481 e. The van der Waals surface area contributed by atoms with Crippen LogP contribution in [-0.4, -0.2) is 52.1 Å². The van der Waals surface area contributed by atoms with Crippen LogP contribution in [-0.2, 0) is 6.42 Å². The zero-order chi connectivity index (χ0) is 18.8. The Hall–Kier alpha value is -2.19. The average molecular weight is 396 g/mol. The normalized spacial score (nSPS) is 16.7. The van der Waals surface area contributed by atoms with Crippen molar-refractivity contribution in [3.63, 3.8) is 0 Å². The van der Waals surface area contributed by atoms with E-state index in [-0.39, 0.29) is 16.7 Å².